The molecule has 0 unspecified atom stereocenters. The van der Waals surface area contributed by atoms with Gasteiger partial charge in [-0.15, -0.1) is 0 Å². The third-order valence-corrected chi connectivity index (χ3v) is 7.34. The smallest absolute Gasteiger partial charge is 0.332 e. The summed E-state index contributed by atoms with van der Waals surface area (Å²) >= 11 is 0. The highest BCUT2D eigenvalue weighted by Crippen LogP contribution is 2.33. The van der Waals surface area contributed by atoms with E-state index in [4.69, 9.17) is 0 Å². The Bertz CT molecular complexity index is 1640. The molecule has 1 aromatic carbocycles. The molecule has 4 aromatic rings. The zero-order chi connectivity index (χ0) is 26.1. The maximum atomic E-state index is 13.6. The van der Waals surface area contributed by atoms with Crippen molar-refractivity contribution in [1.82, 2.24) is 33.1 Å². The van der Waals surface area contributed by atoms with Crippen LogP contribution < -0.4 is 11.2 Å². The van der Waals surface area contributed by atoms with Gasteiger partial charge < -0.3 is 24.2 Å². The number of hydrogen-bond acceptors (Lipinski definition) is 7. The summed E-state index contributed by atoms with van der Waals surface area (Å²) in [6, 6.07) is 4.45. The van der Waals surface area contributed by atoms with Gasteiger partial charge in [0.15, 0.2) is 11.2 Å². The number of aliphatic hydroxyl groups is 2. The number of likely N-dealkylation sites (tertiary alicyclic amines) is 1. The average Bonchev–Trinajstić information content (AvgIpc) is 3.35. The summed E-state index contributed by atoms with van der Waals surface area (Å²) in [6.45, 7) is 3.47. The molecule has 3 aromatic heterocycles. The Hall–Kier alpha value is -3.77. The fraction of sp³-hybridized carbons (Fsp3) is 0.458. The van der Waals surface area contributed by atoms with E-state index in [1.807, 2.05) is 24.6 Å². The highest BCUT2D eigenvalue weighted by Gasteiger charge is 2.42. The second-order valence-corrected chi connectivity index (χ2v) is 9.89. The minimum Gasteiger partial charge on any atom is -0.391 e. The summed E-state index contributed by atoms with van der Waals surface area (Å²) < 4.78 is 5.69. The number of carbonyl (C=O) groups excluding carboxylic acids is 1. The molecule has 2 N–H and O–H groups in total. The minimum absolute atomic E-state index is 0.00783. The number of carbonyl (C=O) groups is 1. The first kappa shape index (κ1) is 23.9. The number of aliphatic hydroxyl groups excluding tert-OH is 1. The van der Waals surface area contributed by atoms with E-state index in [0.29, 0.717) is 11.1 Å². The number of benzene rings is 1. The van der Waals surface area contributed by atoms with Crippen molar-refractivity contribution in [3.8, 4) is 0 Å². The highest BCUT2D eigenvalue weighted by molar-refractivity contribution is 5.97. The standard InChI is InChI=1S/C24H29N7O5/c1-13-26-16-8-14(6-7-17(16)27(13)3)21(33)30-10-15(32)9-24(2,36)18(11-30)31-12-25-20-19(31)22(34)29(5)23(35)28(20)4/h6-8,12,15,18,32,36H,9-11H2,1-5H3/t15-,18+,24+/m1/s1. The maximum Gasteiger partial charge on any atom is 0.332 e. The van der Waals surface area contributed by atoms with Gasteiger partial charge in [-0.25, -0.2) is 14.8 Å². The number of β-amino-alcohol motifs (C(OH)–C–C–N with tert-alkyl or cyclic N) is 1. The first-order chi connectivity index (χ1) is 16.9. The molecule has 4 heterocycles. The number of rotatable bonds is 2. The van der Waals surface area contributed by atoms with E-state index in [-0.39, 0.29) is 36.6 Å². The minimum atomic E-state index is -1.48. The molecule has 1 aliphatic rings. The van der Waals surface area contributed by atoms with Gasteiger partial charge in [0.25, 0.3) is 11.5 Å². The Balaban J connectivity index is 1.60. The molecule has 190 valence electrons. The molecule has 0 radical (unpaired) electrons. The average molecular weight is 496 g/mol. The van der Waals surface area contributed by atoms with Crippen molar-refractivity contribution in [2.75, 3.05) is 13.1 Å². The summed E-state index contributed by atoms with van der Waals surface area (Å²) in [5, 5.41) is 22.1. The number of amides is 1. The van der Waals surface area contributed by atoms with Gasteiger partial charge >= 0.3 is 5.69 Å². The first-order valence-electron chi connectivity index (χ1n) is 11.7. The van der Waals surface area contributed by atoms with E-state index in [2.05, 4.69) is 9.97 Å². The predicted octanol–water partition coefficient (Wildman–Crippen LogP) is -0.172. The van der Waals surface area contributed by atoms with E-state index in [0.717, 1.165) is 15.9 Å². The normalized spacial score (nSPS) is 22.9. The van der Waals surface area contributed by atoms with Crippen molar-refractivity contribution in [2.24, 2.45) is 21.1 Å². The van der Waals surface area contributed by atoms with Crippen LogP contribution in [0.2, 0.25) is 0 Å². The van der Waals surface area contributed by atoms with E-state index >= 15 is 0 Å². The van der Waals surface area contributed by atoms with Crippen LogP contribution in [0.1, 0.15) is 35.6 Å². The zero-order valence-corrected chi connectivity index (χ0v) is 20.8. The van der Waals surface area contributed by atoms with Crippen molar-refractivity contribution < 1.29 is 15.0 Å². The molecule has 5 rings (SSSR count). The fourth-order valence-corrected chi connectivity index (χ4v) is 5.20. The van der Waals surface area contributed by atoms with Crippen LogP contribution in [0, 0.1) is 6.92 Å². The molecule has 0 saturated carbocycles. The van der Waals surface area contributed by atoms with Gasteiger partial charge in [-0.1, -0.05) is 0 Å². The summed E-state index contributed by atoms with van der Waals surface area (Å²) in [5.41, 5.74) is -0.253. The Morgan fingerprint density at radius 2 is 1.83 bits per heavy atom. The van der Waals surface area contributed by atoms with Gasteiger partial charge in [0.05, 0.1) is 35.1 Å². The Morgan fingerprint density at radius 1 is 1.11 bits per heavy atom. The van der Waals surface area contributed by atoms with E-state index in [1.165, 1.54) is 34.5 Å². The molecule has 0 spiro atoms. The maximum absolute atomic E-state index is 13.6. The molecule has 12 heteroatoms. The van der Waals surface area contributed by atoms with Crippen LogP contribution in [0.3, 0.4) is 0 Å². The lowest BCUT2D eigenvalue weighted by atomic mass is 9.91. The molecule has 1 amide bonds. The number of aryl methyl sites for hydroxylation is 3. The van der Waals surface area contributed by atoms with Crippen LogP contribution in [0.4, 0.5) is 0 Å². The quantitative estimate of drug-likeness (QED) is 0.393. The largest absolute Gasteiger partial charge is 0.391 e. The van der Waals surface area contributed by atoms with E-state index < -0.39 is 29.0 Å². The first-order valence-corrected chi connectivity index (χ1v) is 11.7. The second kappa shape index (κ2) is 8.14. The molecule has 36 heavy (non-hydrogen) atoms. The number of imidazole rings is 2. The van der Waals surface area contributed by atoms with Gasteiger partial charge in [-0.05, 0) is 32.0 Å². The van der Waals surface area contributed by atoms with Crippen LogP contribution in [0.5, 0.6) is 0 Å². The van der Waals surface area contributed by atoms with Gasteiger partial charge in [-0.2, -0.15) is 0 Å². The Kier molecular flexibility index (Phi) is 5.41. The van der Waals surface area contributed by atoms with Crippen molar-refractivity contribution in [1.29, 1.82) is 0 Å². The molecule has 3 atom stereocenters. The van der Waals surface area contributed by atoms with Crippen molar-refractivity contribution >= 4 is 28.1 Å². The molecular formula is C24H29N7O5. The summed E-state index contributed by atoms with van der Waals surface area (Å²) in [7, 11) is 4.79. The molecule has 0 bridgehead atoms. The highest BCUT2D eigenvalue weighted by atomic mass is 16.3. The van der Waals surface area contributed by atoms with Crippen LogP contribution in [-0.4, -0.2) is 74.1 Å². The second-order valence-electron chi connectivity index (χ2n) is 9.89. The van der Waals surface area contributed by atoms with Crippen molar-refractivity contribution in [2.45, 2.75) is 38.0 Å². The molecule has 1 aliphatic heterocycles. The van der Waals surface area contributed by atoms with Crippen LogP contribution >= 0.6 is 0 Å². The van der Waals surface area contributed by atoms with Gasteiger partial charge in [0.2, 0.25) is 0 Å². The topological polar surface area (TPSA) is 140 Å². The number of hydrogen-bond donors (Lipinski definition) is 2. The molecule has 1 saturated heterocycles. The van der Waals surface area contributed by atoms with Crippen molar-refractivity contribution in [3.63, 3.8) is 0 Å². The third-order valence-electron chi connectivity index (χ3n) is 7.34. The molecule has 1 fully saturated rings. The number of aromatic nitrogens is 6. The molecular weight excluding hydrogens is 466 g/mol. The number of fused-ring (bicyclic) bond motifs is 2. The third kappa shape index (κ3) is 3.56. The fourth-order valence-electron chi connectivity index (χ4n) is 5.20. The lowest BCUT2D eigenvalue weighted by molar-refractivity contribution is -0.0216. The molecule has 12 nitrogen and oxygen atoms in total. The molecule has 0 aliphatic carbocycles. The number of nitrogens with zero attached hydrogens (tertiary/aromatic N) is 7. The summed E-state index contributed by atoms with van der Waals surface area (Å²) in [4.78, 5) is 49.3. The lowest BCUT2D eigenvalue weighted by Crippen LogP contribution is -2.44. The van der Waals surface area contributed by atoms with Crippen LogP contribution in [0.25, 0.3) is 22.2 Å². The van der Waals surface area contributed by atoms with Gasteiger partial charge in [0, 0.05) is 46.2 Å². The summed E-state index contributed by atoms with van der Waals surface area (Å²) in [6.07, 6.45) is 0.385. The van der Waals surface area contributed by atoms with Crippen LogP contribution in [-0.2, 0) is 21.1 Å². The van der Waals surface area contributed by atoms with Crippen molar-refractivity contribution in [3.05, 3.63) is 56.8 Å². The monoisotopic (exact) mass is 495 g/mol. The van der Waals surface area contributed by atoms with Gasteiger partial charge in [0.1, 0.15) is 5.82 Å². The Labute approximate surface area is 205 Å². The Morgan fingerprint density at radius 3 is 2.56 bits per heavy atom. The van der Waals surface area contributed by atoms with Gasteiger partial charge in [-0.3, -0.25) is 18.7 Å². The predicted molar refractivity (Wildman–Crippen MR) is 132 cm³/mol. The zero-order valence-electron chi connectivity index (χ0n) is 20.8. The van der Waals surface area contributed by atoms with Crippen LogP contribution in [0.15, 0.2) is 34.1 Å². The van der Waals surface area contributed by atoms with E-state index in [1.54, 1.807) is 19.1 Å². The SMILES string of the molecule is Cc1nc2cc(C(=O)N3C[C@H](O)C[C@](C)(O)[C@@H](n4cnc5c4c(=O)n(C)c(=O)n5C)C3)ccc2n1C. The van der Waals surface area contributed by atoms with E-state index in [9.17, 15) is 24.6 Å². The summed E-state index contributed by atoms with van der Waals surface area (Å²) in [5.74, 6) is 0.491. The lowest BCUT2D eigenvalue weighted by Gasteiger charge is -2.34.